The van der Waals surface area contributed by atoms with Crippen LogP contribution in [0.25, 0.3) is 0 Å². The molecular weight excluding hydrogens is 398 g/mol. The third-order valence-electron chi connectivity index (χ3n) is 4.60. The molecule has 0 heterocycles. The molecule has 0 unspecified atom stereocenters. The van der Waals surface area contributed by atoms with Gasteiger partial charge in [0.05, 0.1) is 11.1 Å². The third kappa shape index (κ3) is 5.32. The molecule has 0 bridgehead atoms. The number of rotatable bonds is 8. The lowest BCUT2D eigenvalue weighted by atomic mass is 10.0. The molecule has 0 fully saturated rings. The van der Waals surface area contributed by atoms with Gasteiger partial charge in [0.25, 0.3) is 5.91 Å². The summed E-state index contributed by atoms with van der Waals surface area (Å²) in [4.78, 5) is 14.5. The quantitative estimate of drug-likeness (QED) is 0.684. The molecule has 152 valence electrons. The zero-order valence-corrected chi connectivity index (χ0v) is 18.1. The van der Waals surface area contributed by atoms with Crippen molar-refractivity contribution >= 4 is 27.5 Å². The maximum Gasteiger partial charge on any atom is 0.251 e. The van der Waals surface area contributed by atoms with Gasteiger partial charge < -0.3 is 10.2 Å². The summed E-state index contributed by atoms with van der Waals surface area (Å²) in [5, 5.41) is 2.95. The van der Waals surface area contributed by atoms with Gasteiger partial charge in [-0.15, -0.1) is 0 Å². The fourth-order valence-electron chi connectivity index (χ4n) is 2.83. The third-order valence-corrected chi connectivity index (χ3v) is 6.50. The van der Waals surface area contributed by atoms with Crippen molar-refractivity contribution < 1.29 is 13.2 Å². The summed E-state index contributed by atoms with van der Waals surface area (Å²) in [6.07, 6.45) is 0.970. The van der Waals surface area contributed by atoms with E-state index in [1.54, 1.807) is 0 Å². The van der Waals surface area contributed by atoms with E-state index in [0.29, 0.717) is 6.54 Å². The summed E-state index contributed by atoms with van der Waals surface area (Å²) in [6.45, 7) is 2.49. The zero-order valence-electron chi connectivity index (χ0n) is 16.5. The van der Waals surface area contributed by atoms with Crippen LogP contribution in [0, 0.1) is 0 Å². The molecule has 0 saturated heterocycles. The number of nitrogens with one attached hydrogen (secondary N) is 2. The average molecular weight is 424 g/mol. The Kier molecular flexibility index (Phi) is 7.60. The van der Waals surface area contributed by atoms with Gasteiger partial charge in [0.2, 0.25) is 10.0 Å². The second-order valence-corrected chi connectivity index (χ2v) is 8.90. The van der Waals surface area contributed by atoms with Crippen molar-refractivity contribution in [3.8, 4) is 0 Å². The maximum absolute atomic E-state index is 12.6. The van der Waals surface area contributed by atoms with Crippen molar-refractivity contribution in [2.24, 2.45) is 0 Å². The Hall–Kier alpha value is -1.93. The van der Waals surface area contributed by atoms with Crippen LogP contribution >= 0.6 is 11.6 Å². The molecule has 8 heteroatoms. The highest BCUT2D eigenvalue weighted by molar-refractivity contribution is 7.89. The van der Waals surface area contributed by atoms with Crippen molar-refractivity contribution in [3.05, 3.63) is 64.2 Å². The zero-order chi connectivity index (χ0) is 20.9. The van der Waals surface area contributed by atoms with E-state index in [0.717, 1.165) is 12.0 Å². The van der Waals surface area contributed by atoms with Gasteiger partial charge in [-0.25, -0.2) is 13.1 Å². The van der Waals surface area contributed by atoms with Gasteiger partial charge in [-0.2, -0.15) is 0 Å². The summed E-state index contributed by atoms with van der Waals surface area (Å²) < 4.78 is 26.3. The van der Waals surface area contributed by atoms with Crippen LogP contribution in [0.4, 0.5) is 0 Å². The average Bonchev–Trinajstić information content (AvgIpc) is 2.68. The van der Waals surface area contributed by atoms with Crippen molar-refractivity contribution in [2.75, 3.05) is 27.7 Å². The van der Waals surface area contributed by atoms with Gasteiger partial charge in [0.15, 0.2) is 0 Å². The molecule has 6 nitrogen and oxygen atoms in total. The fourth-order valence-corrected chi connectivity index (χ4v) is 4.08. The Labute approximate surface area is 171 Å². The van der Waals surface area contributed by atoms with Gasteiger partial charge in [0.1, 0.15) is 4.90 Å². The van der Waals surface area contributed by atoms with Crippen LogP contribution in [0.1, 0.15) is 34.5 Å². The Bertz CT molecular complexity index is 928. The Balaban J connectivity index is 2.18. The van der Waals surface area contributed by atoms with E-state index in [1.165, 1.54) is 30.8 Å². The van der Waals surface area contributed by atoms with Crippen LogP contribution in [-0.4, -0.2) is 46.9 Å². The van der Waals surface area contributed by atoms with Crippen molar-refractivity contribution in [2.45, 2.75) is 24.3 Å². The number of sulfonamides is 1. The maximum atomic E-state index is 12.6. The molecule has 0 aliphatic rings. The largest absolute Gasteiger partial charge is 0.350 e. The smallest absolute Gasteiger partial charge is 0.251 e. The number of amides is 1. The Morgan fingerprint density at radius 3 is 2.32 bits per heavy atom. The lowest BCUT2D eigenvalue weighted by Gasteiger charge is -2.25. The number of hydrogen-bond acceptors (Lipinski definition) is 4. The topological polar surface area (TPSA) is 78.5 Å². The van der Waals surface area contributed by atoms with Crippen molar-refractivity contribution in [1.82, 2.24) is 14.9 Å². The Morgan fingerprint density at radius 1 is 1.14 bits per heavy atom. The highest BCUT2D eigenvalue weighted by Crippen LogP contribution is 2.23. The molecule has 0 saturated carbocycles. The molecule has 2 rings (SSSR count). The molecule has 0 aliphatic carbocycles. The van der Waals surface area contributed by atoms with Crippen LogP contribution in [-0.2, 0) is 16.4 Å². The minimum Gasteiger partial charge on any atom is -0.350 e. The fraction of sp³-hybridized carbons (Fsp3) is 0.350. The molecule has 2 aromatic rings. The van der Waals surface area contributed by atoms with Crippen molar-refractivity contribution in [3.63, 3.8) is 0 Å². The van der Waals surface area contributed by atoms with Crippen molar-refractivity contribution in [1.29, 1.82) is 0 Å². The van der Waals surface area contributed by atoms with Crippen LogP contribution in [0.2, 0.25) is 5.02 Å². The molecule has 2 N–H and O–H groups in total. The summed E-state index contributed by atoms with van der Waals surface area (Å²) in [5.74, 6) is -0.360. The number of carbonyl (C=O) groups is 1. The van der Waals surface area contributed by atoms with Crippen LogP contribution < -0.4 is 10.0 Å². The van der Waals surface area contributed by atoms with Crippen LogP contribution in [0.5, 0.6) is 0 Å². The first-order valence-electron chi connectivity index (χ1n) is 8.96. The standard InChI is InChI=1S/C20H26ClN3O3S/c1-5-14-6-8-15(9-7-14)18(24(3)4)13-23-20(25)16-10-11-17(21)19(12-16)28(26,27)22-2/h6-12,18,22H,5,13H2,1-4H3,(H,23,25)/t18-/m0/s1. The lowest BCUT2D eigenvalue weighted by molar-refractivity contribution is 0.0941. The molecular formula is C20H26ClN3O3S. The van der Waals surface area contributed by atoms with Gasteiger partial charge in [-0.05, 0) is 56.9 Å². The first-order valence-corrected chi connectivity index (χ1v) is 10.8. The monoisotopic (exact) mass is 423 g/mol. The number of aryl methyl sites for hydroxylation is 1. The number of hydrogen-bond donors (Lipinski definition) is 2. The predicted molar refractivity (Wildman–Crippen MR) is 112 cm³/mol. The number of nitrogens with zero attached hydrogens (tertiary/aromatic N) is 1. The van der Waals surface area contributed by atoms with E-state index >= 15 is 0 Å². The van der Waals surface area contributed by atoms with Gasteiger partial charge in [-0.1, -0.05) is 42.8 Å². The molecule has 2 aromatic carbocycles. The molecule has 0 aromatic heterocycles. The summed E-state index contributed by atoms with van der Waals surface area (Å²) in [6, 6.07) is 12.5. The highest BCUT2D eigenvalue weighted by atomic mass is 35.5. The second-order valence-electron chi connectivity index (χ2n) is 6.64. The second kappa shape index (κ2) is 9.52. The Morgan fingerprint density at radius 2 is 1.79 bits per heavy atom. The first-order chi connectivity index (χ1) is 13.2. The molecule has 0 radical (unpaired) electrons. The lowest BCUT2D eigenvalue weighted by Crippen LogP contribution is -2.34. The van der Waals surface area contributed by atoms with Crippen LogP contribution in [0.15, 0.2) is 47.4 Å². The highest BCUT2D eigenvalue weighted by Gasteiger charge is 2.20. The minimum atomic E-state index is -3.75. The van der Waals surface area contributed by atoms with Gasteiger partial charge in [0, 0.05) is 12.1 Å². The number of benzene rings is 2. The summed E-state index contributed by atoms with van der Waals surface area (Å²) in [7, 11) is 1.44. The van der Waals surface area contributed by atoms with E-state index < -0.39 is 10.0 Å². The number of halogens is 1. The normalized spacial score (nSPS) is 12.8. The molecule has 1 amide bonds. The number of carbonyl (C=O) groups excluding carboxylic acids is 1. The van der Waals surface area contributed by atoms with E-state index in [-0.39, 0.29) is 27.4 Å². The predicted octanol–water partition coefficient (Wildman–Crippen LogP) is 2.84. The summed E-state index contributed by atoms with van der Waals surface area (Å²) >= 11 is 5.98. The van der Waals surface area contributed by atoms with E-state index in [9.17, 15) is 13.2 Å². The van der Waals surface area contributed by atoms with Gasteiger partial charge in [-0.3, -0.25) is 4.79 Å². The summed E-state index contributed by atoms with van der Waals surface area (Å²) in [5.41, 5.74) is 2.58. The first kappa shape index (κ1) is 22.4. The molecule has 0 spiro atoms. The number of likely N-dealkylation sites (N-methyl/N-ethyl adjacent to an activating group) is 1. The van der Waals surface area contributed by atoms with E-state index in [2.05, 4.69) is 41.2 Å². The SMILES string of the molecule is CCc1ccc([C@H](CNC(=O)c2ccc(Cl)c(S(=O)(=O)NC)c2)N(C)C)cc1. The molecule has 28 heavy (non-hydrogen) atoms. The molecule has 0 aliphatic heterocycles. The van der Waals surface area contributed by atoms with Crippen LogP contribution in [0.3, 0.4) is 0 Å². The van der Waals surface area contributed by atoms with E-state index in [1.807, 2.05) is 19.0 Å². The van der Waals surface area contributed by atoms with E-state index in [4.69, 9.17) is 11.6 Å². The minimum absolute atomic E-state index is 0.0114. The van der Waals surface area contributed by atoms with Gasteiger partial charge >= 0.3 is 0 Å². The molecule has 1 atom stereocenters.